The highest BCUT2D eigenvalue weighted by molar-refractivity contribution is 7.21. The highest BCUT2D eigenvalue weighted by Crippen LogP contribution is 2.34. The molecule has 0 saturated carbocycles. The van der Waals surface area contributed by atoms with Crippen LogP contribution >= 0.6 is 11.3 Å². The van der Waals surface area contributed by atoms with Crippen molar-refractivity contribution in [3.63, 3.8) is 0 Å². The molecule has 3 aromatic carbocycles. The van der Waals surface area contributed by atoms with Crippen LogP contribution in [0.5, 0.6) is 5.75 Å². The Morgan fingerprint density at radius 2 is 1.75 bits per heavy atom. The maximum Gasteiger partial charge on any atom is 0.248 e. The zero-order chi connectivity index (χ0) is 19.3. The minimum atomic E-state index is -0.209. The van der Waals surface area contributed by atoms with E-state index in [1.54, 1.807) is 24.5 Å². The Hall–Kier alpha value is -3.44. The number of benzene rings is 3. The van der Waals surface area contributed by atoms with Gasteiger partial charge in [-0.25, -0.2) is 4.98 Å². The quantitative estimate of drug-likeness (QED) is 0.453. The summed E-state index contributed by atoms with van der Waals surface area (Å²) < 4.78 is 6.43. The van der Waals surface area contributed by atoms with Gasteiger partial charge in [0.25, 0.3) is 0 Å². The lowest BCUT2D eigenvalue weighted by molar-refractivity contribution is -0.111. The van der Waals surface area contributed by atoms with E-state index in [2.05, 4.69) is 5.32 Å². The minimum Gasteiger partial charge on any atom is -0.496 e. The van der Waals surface area contributed by atoms with Crippen LogP contribution in [-0.4, -0.2) is 18.0 Å². The van der Waals surface area contributed by atoms with Gasteiger partial charge in [0.05, 0.1) is 23.0 Å². The number of nitrogens with one attached hydrogen (secondary N) is 1. The second-order valence-corrected chi connectivity index (χ2v) is 7.13. The number of carbonyl (C=O) groups is 1. The molecule has 0 saturated heterocycles. The molecule has 1 N–H and O–H groups in total. The molecule has 0 aliphatic heterocycles. The molecule has 28 heavy (non-hydrogen) atoms. The number of para-hydroxylation sites is 3. The van der Waals surface area contributed by atoms with E-state index in [1.807, 2.05) is 72.8 Å². The summed E-state index contributed by atoms with van der Waals surface area (Å²) >= 11 is 1.61. The fourth-order valence-electron chi connectivity index (χ4n) is 2.91. The number of methoxy groups -OCH3 is 1. The van der Waals surface area contributed by atoms with Gasteiger partial charge in [0.15, 0.2) is 0 Å². The second kappa shape index (κ2) is 8.06. The van der Waals surface area contributed by atoms with E-state index in [1.165, 1.54) is 6.08 Å². The number of rotatable bonds is 5. The molecule has 0 radical (unpaired) electrons. The lowest BCUT2D eigenvalue weighted by Crippen LogP contribution is -2.08. The van der Waals surface area contributed by atoms with Crippen molar-refractivity contribution in [1.29, 1.82) is 0 Å². The van der Waals surface area contributed by atoms with Gasteiger partial charge in [-0.15, -0.1) is 11.3 Å². The average molecular weight is 386 g/mol. The summed E-state index contributed by atoms with van der Waals surface area (Å²) in [6, 6.07) is 23.3. The molecule has 0 fully saturated rings. The Morgan fingerprint density at radius 3 is 2.61 bits per heavy atom. The van der Waals surface area contributed by atoms with Gasteiger partial charge in [0.2, 0.25) is 5.91 Å². The summed E-state index contributed by atoms with van der Waals surface area (Å²) in [5, 5.41) is 3.84. The van der Waals surface area contributed by atoms with Gasteiger partial charge < -0.3 is 10.1 Å². The molecule has 1 heterocycles. The van der Waals surface area contributed by atoms with Crippen molar-refractivity contribution in [2.45, 2.75) is 0 Å². The predicted molar refractivity (Wildman–Crippen MR) is 116 cm³/mol. The molecule has 4 aromatic rings. The van der Waals surface area contributed by atoms with Crippen molar-refractivity contribution in [1.82, 2.24) is 4.98 Å². The van der Waals surface area contributed by atoms with Crippen molar-refractivity contribution in [2.24, 2.45) is 0 Å². The van der Waals surface area contributed by atoms with Crippen LogP contribution < -0.4 is 10.1 Å². The molecule has 5 heteroatoms. The third-order valence-corrected chi connectivity index (χ3v) is 5.33. The highest BCUT2D eigenvalue weighted by Gasteiger charge is 2.11. The van der Waals surface area contributed by atoms with E-state index in [0.717, 1.165) is 37.8 Å². The second-order valence-electron chi connectivity index (χ2n) is 6.10. The van der Waals surface area contributed by atoms with Crippen LogP contribution in [0.3, 0.4) is 0 Å². The minimum absolute atomic E-state index is 0.209. The van der Waals surface area contributed by atoms with Crippen molar-refractivity contribution in [3.8, 4) is 16.3 Å². The number of carbonyl (C=O) groups excluding carboxylic acids is 1. The van der Waals surface area contributed by atoms with Crippen molar-refractivity contribution < 1.29 is 9.53 Å². The molecule has 1 aromatic heterocycles. The van der Waals surface area contributed by atoms with Gasteiger partial charge in [-0.3, -0.25) is 4.79 Å². The largest absolute Gasteiger partial charge is 0.496 e. The first-order chi connectivity index (χ1) is 13.7. The summed E-state index contributed by atoms with van der Waals surface area (Å²) in [5.74, 6) is 0.515. The monoisotopic (exact) mass is 386 g/mol. The van der Waals surface area contributed by atoms with Gasteiger partial charge in [-0.1, -0.05) is 42.5 Å². The number of nitrogens with zero attached hydrogens (tertiary/aromatic N) is 1. The summed E-state index contributed by atoms with van der Waals surface area (Å²) in [6.45, 7) is 0. The fourth-order valence-corrected chi connectivity index (χ4v) is 3.92. The molecule has 4 nitrogen and oxygen atoms in total. The van der Waals surface area contributed by atoms with Crippen LogP contribution in [0.1, 0.15) is 5.56 Å². The van der Waals surface area contributed by atoms with E-state index in [-0.39, 0.29) is 5.91 Å². The summed E-state index contributed by atoms with van der Waals surface area (Å²) in [7, 11) is 1.61. The molecule has 0 aliphatic rings. The van der Waals surface area contributed by atoms with Crippen molar-refractivity contribution in [2.75, 3.05) is 12.4 Å². The van der Waals surface area contributed by atoms with Crippen molar-refractivity contribution in [3.05, 3.63) is 84.4 Å². The topological polar surface area (TPSA) is 51.2 Å². The lowest BCUT2D eigenvalue weighted by atomic mass is 10.1. The summed E-state index contributed by atoms with van der Waals surface area (Å²) in [4.78, 5) is 17.2. The van der Waals surface area contributed by atoms with E-state index >= 15 is 0 Å². The maximum absolute atomic E-state index is 12.5. The summed E-state index contributed by atoms with van der Waals surface area (Å²) in [5.41, 5.74) is 3.44. The third-order valence-electron chi connectivity index (χ3n) is 4.26. The number of hydrogen-bond acceptors (Lipinski definition) is 4. The number of aromatic nitrogens is 1. The molecule has 138 valence electrons. The number of ether oxygens (including phenoxy) is 1. The Labute approximate surface area is 167 Å². The number of fused-ring (bicyclic) bond motifs is 1. The highest BCUT2D eigenvalue weighted by atomic mass is 32.1. The third kappa shape index (κ3) is 3.80. The van der Waals surface area contributed by atoms with Gasteiger partial charge >= 0.3 is 0 Å². The Kier molecular flexibility index (Phi) is 5.17. The van der Waals surface area contributed by atoms with Crippen LogP contribution in [0.15, 0.2) is 78.9 Å². The van der Waals surface area contributed by atoms with Gasteiger partial charge in [0, 0.05) is 17.2 Å². The van der Waals surface area contributed by atoms with Gasteiger partial charge in [-0.05, 0) is 36.4 Å². The Balaban J connectivity index is 1.58. The van der Waals surface area contributed by atoms with Crippen LogP contribution in [-0.2, 0) is 4.79 Å². The zero-order valence-electron chi connectivity index (χ0n) is 15.3. The smallest absolute Gasteiger partial charge is 0.248 e. The van der Waals surface area contributed by atoms with Crippen molar-refractivity contribution >= 4 is 39.2 Å². The fraction of sp³-hybridized carbons (Fsp3) is 0.0435. The SMILES string of the molecule is COc1ccccc1/C=C/C(=O)Nc1ccccc1-c1nc2ccccc2s1. The molecule has 0 atom stereocenters. The van der Waals surface area contributed by atoms with Crippen LogP contribution in [0.25, 0.3) is 26.9 Å². The number of amides is 1. The van der Waals surface area contributed by atoms with E-state index in [4.69, 9.17) is 9.72 Å². The van der Waals surface area contributed by atoms with Crippen LogP contribution in [0, 0.1) is 0 Å². The van der Waals surface area contributed by atoms with Crippen LogP contribution in [0.4, 0.5) is 5.69 Å². The molecular formula is C23H18N2O2S. The average Bonchev–Trinajstić information content (AvgIpc) is 3.17. The molecule has 4 rings (SSSR count). The first-order valence-corrected chi connectivity index (χ1v) is 9.63. The maximum atomic E-state index is 12.5. The standard InChI is InChI=1S/C23H18N2O2S/c1-27-20-12-6-2-8-16(20)14-15-22(26)24-18-10-4-3-9-17(18)23-25-19-11-5-7-13-21(19)28-23/h2-15H,1H3,(H,24,26)/b15-14+. The van der Waals surface area contributed by atoms with E-state index in [0.29, 0.717) is 0 Å². The first kappa shape index (κ1) is 17.9. The molecule has 0 unspecified atom stereocenters. The Bertz CT molecular complexity index is 1130. The molecule has 1 amide bonds. The van der Waals surface area contributed by atoms with Gasteiger partial charge in [0.1, 0.15) is 10.8 Å². The van der Waals surface area contributed by atoms with E-state index in [9.17, 15) is 4.79 Å². The molecule has 0 bridgehead atoms. The molecular weight excluding hydrogens is 368 g/mol. The molecule has 0 aliphatic carbocycles. The summed E-state index contributed by atoms with van der Waals surface area (Å²) in [6.07, 6.45) is 3.25. The number of hydrogen-bond donors (Lipinski definition) is 1. The Morgan fingerprint density at radius 1 is 1.00 bits per heavy atom. The number of thiazole rings is 1. The molecule has 0 spiro atoms. The van der Waals surface area contributed by atoms with Gasteiger partial charge in [-0.2, -0.15) is 0 Å². The van der Waals surface area contributed by atoms with E-state index < -0.39 is 0 Å². The lowest BCUT2D eigenvalue weighted by Gasteiger charge is -2.08. The number of anilines is 1. The first-order valence-electron chi connectivity index (χ1n) is 8.81. The zero-order valence-corrected chi connectivity index (χ0v) is 16.1. The predicted octanol–water partition coefficient (Wildman–Crippen LogP) is 5.62. The normalized spacial score (nSPS) is 11.0. The van der Waals surface area contributed by atoms with Crippen LogP contribution in [0.2, 0.25) is 0 Å².